The lowest BCUT2D eigenvalue weighted by molar-refractivity contribution is -0.186. The third-order valence-electron chi connectivity index (χ3n) is 3.76. The van der Waals surface area contributed by atoms with Gasteiger partial charge in [-0.1, -0.05) is 24.6 Å². The van der Waals surface area contributed by atoms with Crippen LogP contribution in [0, 0.1) is 5.92 Å². The lowest BCUT2D eigenvalue weighted by Gasteiger charge is -2.42. The first-order valence-corrected chi connectivity index (χ1v) is 7.26. The van der Waals surface area contributed by atoms with Gasteiger partial charge in [0.2, 0.25) is 0 Å². The van der Waals surface area contributed by atoms with E-state index in [0.717, 1.165) is 18.7 Å². The van der Waals surface area contributed by atoms with Crippen LogP contribution in [0.15, 0.2) is 24.5 Å². The molecule has 1 aromatic heterocycles. The van der Waals surface area contributed by atoms with Crippen molar-refractivity contribution in [2.24, 2.45) is 5.92 Å². The second-order valence-corrected chi connectivity index (χ2v) is 6.38. The standard InChI is InChI=1S/C15H19ClN2O2/c1-11-2-13(12-3-14(16)5-17-4-12)7-18(6-11)8-15(19)9-20-10-15/h2-5,11,19H,6-10H2,1H3/t11-/m1/s1. The second kappa shape index (κ2) is 5.45. The number of halogens is 1. The predicted octanol–water partition coefficient (Wildman–Crippen LogP) is 1.83. The highest BCUT2D eigenvalue weighted by molar-refractivity contribution is 6.30. The van der Waals surface area contributed by atoms with Gasteiger partial charge in [0, 0.05) is 32.0 Å². The van der Waals surface area contributed by atoms with Crippen LogP contribution in [0.5, 0.6) is 0 Å². The van der Waals surface area contributed by atoms with Crippen LogP contribution in [-0.2, 0) is 4.74 Å². The van der Waals surface area contributed by atoms with Gasteiger partial charge in [-0.25, -0.2) is 0 Å². The number of hydrogen-bond donors (Lipinski definition) is 1. The Bertz CT molecular complexity index is 528. The molecule has 3 rings (SSSR count). The number of nitrogens with zero attached hydrogens (tertiary/aromatic N) is 2. The molecule has 5 heteroatoms. The van der Waals surface area contributed by atoms with Gasteiger partial charge in [-0.2, -0.15) is 0 Å². The first-order valence-electron chi connectivity index (χ1n) is 6.88. The van der Waals surface area contributed by atoms with Crippen LogP contribution < -0.4 is 0 Å². The van der Waals surface area contributed by atoms with E-state index in [0.29, 0.717) is 30.7 Å². The van der Waals surface area contributed by atoms with E-state index >= 15 is 0 Å². The fourth-order valence-electron chi connectivity index (χ4n) is 2.90. The molecule has 0 saturated carbocycles. The van der Waals surface area contributed by atoms with Gasteiger partial charge < -0.3 is 9.84 Å². The predicted molar refractivity (Wildman–Crippen MR) is 78.6 cm³/mol. The normalized spacial score (nSPS) is 25.9. The maximum absolute atomic E-state index is 10.2. The van der Waals surface area contributed by atoms with Crippen LogP contribution in [0.1, 0.15) is 12.5 Å². The Kier molecular flexibility index (Phi) is 3.82. The van der Waals surface area contributed by atoms with Crippen LogP contribution in [0.3, 0.4) is 0 Å². The molecule has 2 aliphatic rings. The van der Waals surface area contributed by atoms with Crippen LogP contribution in [0.2, 0.25) is 5.02 Å². The molecule has 1 aromatic rings. The van der Waals surface area contributed by atoms with Crippen molar-refractivity contribution in [1.82, 2.24) is 9.88 Å². The molecule has 0 amide bonds. The van der Waals surface area contributed by atoms with Crippen molar-refractivity contribution in [2.75, 3.05) is 32.8 Å². The molecule has 0 unspecified atom stereocenters. The van der Waals surface area contributed by atoms with Crippen molar-refractivity contribution >= 4 is 17.2 Å². The molecule has 2 aliphatic heterocycles. The van der Waals surface area contributed by atoms with E-state index in [2.05, 4.69) is 22.9 Å². The topological polar surface area (TPSA) is 45.6 Å². The van der Waals surface area contributed by atoms with Gasteiger partial charge >= 0.3 is 0 Å². The summed E-state index contributed by atoms with van der Waals surface area (Å²) in [6.45, 7) is 5.49. The monoisotopic (exact) mass is 294 g/mol. The molecule has 0 bridgehead atoms. The molecule has 108 valence electrons. The fourth-order valence-corrected chi connectivity index (χ4v) is 3.08. The lowest BCUT2D eigenvalue weighted by Crippen LogP contribution is -2.58. The molecular weight excluding hydrogens is 276 g/mol. The number of β-amino-alcohol motifs (C(OH)–C–C–N with tert-alkyl or cyclic N) is 1. The molecule has 0 aromatic carbocycles. The molecule has 0 radical (unpaired) electrons. The van der Waals surface area contributed by atoms with Gasteiger partial charge in [-0.3, -0.25) is 9.88 Å². The minimum absolute atomic E-state index is 0.440. The molecule has 0 aliphatic carbocycles. The summed E-state index contributed by atoms with van der Waals surface area (Å²) in [5, 5.41) is 10.9. The van der Waals surface area contributed by atoms with Gasteiger partial charge in [0.05, 0.1) is 18.2 Å². The van der Waals surface area contributed by atoms with Gasteiger partial charge in [0.25, 0.3) is 0 Å². The van der Waals surface area contributed by atoms with Crippen molar-refractivity contribution < 1.29 is 9.84 Å². The fraction of sp³-hybridized carbons (Fsp3) is 0.533. The molecule has 1 N–H and O–H groups in total. The Balaban J connectivity index is 1.75. The number of aliphatic hydroxyl groups is 1. The highest BCUT2D eigenvalue weighted by Crippen LogP contribution is 2.27. The number of aromatic nitrogens is 1. The van der Waals surface area contributed by atoms with E-state index in [1.54, 1.807) is 6.20 Å². The smallest absolute Gasteiger partial charge is 0.124 e. The minimum Gasteiger partial charge on any atom is -0.384 e. The summed E-state index contributed by atoms with van der Waals surface area (Å²) in [6, 6.07) is 1.94. The van der Waals surface area contributed by atoms with E-state index in [-0.39, 0.29) is 0 Å². The van der Waals surface area contributed by atoms with Gasteiger partial charge in [-0.05, 0) is 23.1 Å². The van der Waals surface area contributed by atoms with E-state index in [9.17, 15) is 5.11 Å². The highest BCUT2D eigenvalue weighted by atomic mass is 35.5. The minimum atomic E-state index is -0.672. The largest absolute Gasteiger partial charge is 0.384 e. The quantitative estimate of drug-likeness (QED) is 0.924. The summed E-state index contributed by atoms with van der Waals surface area (Å²) in [7, 11) is 0. The summed E-state index contributed by atoms with van der Waals surface area (Å²) in [5.41, 5.74) is 1.61. The van der Waals surface area contributed by atoms with Crippen molar-refractivity contribution in [2.45, 2.75) is 12.5 Å². The van der Waals surface area contributed by atoms with Crippen molar-refractivity contribution in [3.8, 4) is 0 Å². The Morgan fingerprint density at radius 2 is 2.30 bits per heavy atom. The Labute approximate surface area is 124 Å². The maximum atomic E-state index is 10.2. The Morgan fingerprint density at radius 3 is 2.95 bits per heavy atom. The van der Waals surface area contributed by atoms with Crippen LogP contribution in [-0.4, -0.2) is 53.4 Å². The summed E-state index contributed by atoms with van der Waals surface area (Å²) in [4.78, 5) is 6.43. The number of hydrogen-bond acceptors (Lipinski definition) is 4. The molecule has 0 spiro atoms. The van der Waals surface area contributed by atoms with Crippen molar-refractivity contribution in [3.63, 3.8) is 0 Å². The first-order chi connectivity index (χ1) is 9.54. The average Bonchev–Trinajstić information content (AvgIpc) is 2.36. The van der Waals surface area contributed by atoms with Crippen LogP contribution in [0.25, 0.3) is 5.57 Å². The Morgan fingerprint density at radius 1 is 1.50 bits per heavy atom. The molecule has 1 atom stereocenters. The zero-order valence-electron chi connectivity index (χ0n) is 11.6. The Hall–Kier alpha value is -0.940. The zero-order valence-corrected chi connectivity index (χ0v) is 12.3. The number of rotatable bonds is 3. The SMILES string of the molecule is C[C@@H]1C=C(c2cncc(Cl)c2)CN(CC2(O)COC2)C1. The summed E-state index contributed by atoms with van der Waals surface area (Å²) in [6.07, 6.45) is 5.75. The second-order valence-electron chi connectivity index (χ2n) is 5.95. The molecule has 4 nitrogen and oxygen atoms in total. The van der Waals surface area contributed by atoms with E-state index in [1.807, 2.05) is 12.3 Å². The van der Waals surface area contributed by atoms with Crippen molar-refractivity contribution in [3.05, 3.63) is 35.1 Å². The molecule has 3 heterocycles. The summed E-state index contributed by atoms with van der Waals surface area (Å²) >= 11 is 6.02. The van der Waals surface area contributed by atoms with E-state index < -0.39 is 5.60 Å². The van der Waals surface area contributed by atoms with E-state index in [4.69, 9.17) is 16.3 Å². The third kappa shape index (κ3) is 3.04. The zero-order chi connectivity index (χ0) is 14.2. The lowest BCUT2D eigenvalue weighted by atomic mass is 9.94. The number of ether oxygens (including phenoxy) is 1. The van der Waals surface area contributed by atoms with Crippen LogP contribution in [0.4, 0.5) is 0 Å². The molecule has 20 heavy (non-hydrogen) atoms. The maximum Gasteiger partial charge on any atom is 0.124 e. The van der Waals surface area contributed by atoms with Gasteiger partial charge in [0.15, 0.2) is 0 Å². The highest BCUT2D eigenvalue weighted by Gasteiger charge is 2.38. The van der Waals surface area contributed by atoms with Gasteiger partial charge in [-0.15, -0.1) is 0 Å². The molecule has 1 saturated heterocycles. The average molecular weight is 295 g/mol. The molecular formula is C15H19ClN2O2. The third-order valence-corrected chi connectivity index (χ3v) is 3.97. The number of pyridine rings is 1. The van der Waals surface area contributed by atoms with Crippen LogP contribution >= 0.6 is 11.6 Å². The summed E-state index contributed by atoms with van der Waals surface area (Å²) < 4.78 is 5.11. The first kappa shape index (κ1) is 14.0. The van der Waals surface area contributed by atoms with Gasteiger partial charge in [0.1, 0.15) is 5.60 Å². The van der Waals surface area contributed by atoms with E-state index in [1.165, 1.54) is 5.57 Å². The summed E-state index contributed by atoms with van der Waals surface area (Å²) in [5.74, 6) is 0.447. The van der Waals surface area contributed by atoms with Crippen molar-refractivity contribution in [1.29, 1.82) is 0 Å². The molecule has 1 fully saturated rings.